The van der Waals surface area contributed by atoms with Gasteiger partial charge in [0.05, 0.1) is 10.6 Å². The fourth-order valence-electron chi connectivity index (χ4n) is 2.20. The summed E-state index contributed by atoms with van der Waals surface area (Å²) in [6.07, 6.45) is -4.58. The lowest BCUT2D eigenvalue weighted by molar-refractivity contribution is -0.137. The van der Waals surface area contributed by atoms with Gasteiger partial charge in [-0.25, -0.2) is 8.42 Å². The lowest BCUT2D eigenvalue weighted by Crippen LogP contribution is -2.43. The Morgan fingerprint density at radius 3 is 2.31 bits per heavy atom. The summed E-state index contributed by atoms with van der Waals surface area (Å²) in [5, 5.41) is 1.69. The van der Waals surface area contributed by atoms with Gasteiger partial charge in [-0.15, -0.1) is 0 Å². The smallest absolute Gasteiger partial charge is 0.345 e. The van der Waals surface area contributed by atoms with Crippen LogP contribution in [0.2, 0.25) is 0 Å². The number of para-hydroxylation sites is 1. The van der Waals surface area contributed by atoms with E-state index in [9.17, 15) is 26.4 Å². The molecule has 2 rings (SSSR count). The first kappa shape index (κ1) is 19.8. The molecule has 0 radical (unpaired) electrons. The van der Waals surface area contributed by atoms with Crippen LogP contribution in [0.5, 0.6) is 0 Å². The third-order valence-corrected chi connectivity index (χ3v) is 5.16. The van der Waals surface area contributed by atoms with Crippen molar-refractivity contribution >= 4 is 21.6 Å². The van der Waals surface area contributed by atoms with Gasteiger partial charge in [0.25, 0.3) is 10.0 Å². The summed E-state index contributed by atoms with van der Waals surface area (Å²) >= 11 is 0. The van der Waals surface area contributed by atoms with Crippen molar-refractivity contribution in [2.75, 3.05) is 17.4 Å². The lowest BCUT2D eigenvalue weighted by atomic mass is 10.2. The zero-order chi connectivity index (χ0) is 19.4. The standard InChI is InChI=1S/C17H17F3N2O3S/c1-13-6-5-9-15(10-13)26(24,25)22(14-7-3-2-4-8-14)11-16(23)21-12-17(18,19)20/h2-10H,11-12H2,1H3,(H,21,23). The molecule has 140 valence electrons. The molecule has 0 heterocycles. The van der Waals surface area contributed by atoms with Gasteiger partial charge in [0.2, 0.25) is 5.91 Å². The Kier molecular flexibility index (Phi) is 5.91. The van der Waals surface area contributed by atoms with E-state index in [0.29, 0.717) is 5.56 Å². The van der Waals surface area contributed by atoms with Gasteiger partial charge >= 0.3 is 6.18 Å². The van der Waals surface area contributed by atoms with E-state index in [1.54, 1.807) is 42.6 Å². The van der Waals surface area contributed by atoms with Crippen molar-refractivity contribution in [3.05, 3.63) is 60.2 Å². The molecule has 1 N–H and O–H groups in total. The maximum atomic E-state index is 12.9. The second-order valence-corrected chi connectivity index (χ2v) is 7.42. The van der Waals surface area contributed by atoms with Crippen LogP contribution in [0.3, 0.4) is 0 Å². The largest absolute Gasteiger partial charge is 0.405 e. The first-order valence-corrected chi connectivity index (χ1v) is 9.01. The highest BCUT2D eigenvalue weighted by atomic mass is 32.2. The summed E-state index contributed by atoms with van der Waals surface area (Å²) in [5.41, 5.74) is 0.872. The number of rotatable bonds is 6. The average Bonchev–Trinajstić information content (AvgIpc) is 2.58. The molecule has 1 amide bonds. The van der Waals surface area contributed by atoms with Gasteiger partial charge in [-0.1, -0.05) is 30.3 Å². The molecule has 2 aromatic carbocycles. The minimum absolute atomic E-state index is 0.0509. The van der Waals surface area contributed by atoms with Crippen LogP contribution in [0.25, 0.3) is 0 Å². The fourth-order valence-corrected chi connectivity index (χ4v) is 3.72. The minimum Gasteiger partial charge on any atom is -0.345 e. The molecule has 9 heteroatoms. The Morgan fingerprint density at radius 1 is 1.08 bits per heavy atom. The van der Waals surface area contributed by atoms with Crippen LogP contribution in [-0.4, -0.2) is 33.6 Å². The Bertz CT molecular complexity index is 868. The van der Waals surface area contributed by atoms with Crippen LogP contribution in [-0.2, 0) is 14.8 Å². The zero-order valence-electron chi connectivity index (χ0n) is 13.8. The van der Waals surface area contributed by atoms with Crippen molar-refractivity contribution in [3.8, 4) is 0 Å². The molecular formula is C17H17F3N2O3S. The second kappa shape index (κ2) is 7.77. The summed E-state index contributed by atoms with van der Waals surface area (Å²) in [7, 11) is -4.13. The number of hydrogen-bond donors (Lipinski definition) is 1. The Labute approximate surface area is 149 Å². The lowest BCUT2D eigenvalue weighted by Gasteiger charge is -2.24. The van der Waals surface area contributed by atoms with Crippen LogP contribution in [0.15, 0.2) is 59.5 Å². The summed E-state index contributed by atoms with van der Waals surface area (Å²) in [6.45, 7) is -0.586. The number of benzene rings is 2. The van der Waals surface area contributed by atoms with Crippen molar-refractivity contribution in [2.45, 2.75) is 18.0 Å². The molecule has 0 atom stereocenters. The van der Waals surface area contributed by atoms with Crippen LogP contribution in [0, 0.1) is 6.92 Å². The number of halogens is 3. The molecule has 0 bridgehead atoms. The molecule has 26 heavy (non-hydrogen) atoms. The number of amides is 1. The van der Waals surface area contributed by atoms with E-state index in [1.165, 1.54) is 24.3 Å². The van der Waals surface area contributed by atoms with Crippen LogP contribution in [0.1, 0.15) is 5.56 Å². The van der Waals surface area contributed by atoms with Crippen molar-refractivity contribution in [2.24, 2.45) is 0 Å². The van der Waals surface area contributed by atoms with Crippen molar-refractivity contribution < 1.29 is 26.4 Å². The van der Waals surface area contributed by atoms with Crippen molar-refractivity contribution in [3.63, 3.8) is 0 Å². The molecule has 0 aromatic heterocycles. The van der Waals surface area contributed by atoms with Crippen LogP contribution in [0.4, 0.5) is 18.9 Å². The van der Waals surface area contributed by atoms with Gasteiger partial charge in [0.15, 0.2) is 0 Å². The number of alkyl halides is 3. The van der Waals surface area contributed by atoms with E-state index in [4.69, 9.17) is 0 Å². The summed E-state index contributed by atoms with van der Waals surface area (Å²) in [5.74, 6) is -1.05. The number of hydrogen-bond acceptors (Lipinski definition) is 3. The molecule has 2 aromatic rings. The van der Waals surface area contributed by atoms with Gasteiger partial charge in [0.1, 0.15) is 13.1 Å². The van der Waals surface area contributed by atoms with E-state index < -0.39 is 35.2 Å². The molecule has 0 saturated carbocycles. The topological polar surface area (TPSA) is 66.5 Å². The van der Waals surface area contributed by atoms with Gasteiger partial charge in [-0.3, -0.25) is 9.10 Å². The number of carbonyl (C=O) groups is 1. The number of sulfonamides is 1. The maximum absolute atomic E-state index is 12.9. The fraction of sp³-hybridized carbons (Fsp3) is 0.235. The average molecular weight is 386 g/mol. The van der Waals surface area contributed by atoms with Crippen molar-refractivity contribution in [1.82, 2.24) is 5.32 Å². The third kappa shape index (κ3) is 5.22. The van der Waals surface area contributed by atoms with Gasteiger partial charge in [-0.05, 0) is 36.8 Å². The van der Waals surface area contributed by atoms with E-state index >= 15 is 0 Å². The molecule has 0 unspecified atom stereocenters. The molecule has 0 fully saturated rings. The van der Waals surface area contributed by atoms with E-state index in [-0.39, 0.29) is 10.6 Å². The SMILES string of the molecule is Cc1cccc(S(=O)(=O)N(CC(=O)NCC(F)(F)F)c2ccccc2)c1. The van der Waals surface area contributed by atoms with Crippen LogP contribution >= 0.6 is 0 Å². The summed E-state index contributed by atoms with van der Waals surface area (Å²) in [4.78, 5) is 11.9. The van der Waals surface area contributed by atoms with Gasteiger partial charge in [-0.2, -0.15) is 13.2 Å². The second-order valence-electron chi connectivity index (χ2n) is 5.56. The minimum atomic E-state index is -4.58. The maximum Gasteiger partial charge on any atom is 0.405 e. The predicted octanol–water partition coefficient (Wildman–Crippen LogP) is 2.87. The highest BCUT2D eigenvalue weighted by molar-refractivity contribution is 7.92. The number of nitrogens with one attached hydrogen (secondary N) is 1. The molecule has 5 nitrogen and oxygen atoms in total. The predicted molar refractivity (Wildman–Crippen MR) is 91.2 cm³/mol. The third-order valence-electron chi connectivity index (χ3n) is 3.39. The number of aryl methyl sites for hydroxylation is 1. The number of nitrogens with zero attached hydrogens (tertiary/aromatic N) is 1. The Morgan fingerprint density at radius 2 is 1.73 bits per heavy atom. The molecule has 0 aliphatic rings. The molecule has 0 aliphatic heterocycles. The quantitative estimate of drug-likeness (QED) is 0.830. The molecule has 0 spiro atoms. The normalized spacial score (nSPS) is 11.8. The van der Waals surface area contributed by atoms with Crippen molar-refractivity contribution in [1.29, 1.82) is 0 Å². The summed E-state index contributed by atoms with van der Waals surface area (Å²) in [6, 6.07) is 13.8. The highest BCUT2D eigenvalue weighted by Crippen LogP contribution is 2.24. The monoisotopic (exact) mass is 386 g/mol. The summed E-state index contributed by atoms with van der Waals surface area (Å²) < 4.78 is 63.5. The molecular weight excluding hydrogens is 369 g/mol. The number of carbonyl (C=O) groups excluding carboxylic acids is 1. The zero-order valence-corrected chi connectivity index (χ0v) is 14.6. The first-order valence-electron chi connectivity index (χ1n) is 7.57. The van der Waals surface area contributed by atoms with Gasteiger partial charge in [0, 0.05) is 0 Å². The number of anilines is 1. The van der Waals surface area contributed by atoms with E-state index in [2.05, 4.69) is 0 Å². The molecule has 0 saturated heterocycles. The Hall–Kier alpha value is -2.55. The van der Waals surface area contributed by atoms with E-state index in [1.807, 2.05) is 0 Å². The molecule has 0 aliphatic carbocycles. The van der Waals surface area contributed by atoms with Crippen LogP contribution < -0.4 is 9.62 Å². The Balaban J connectivity index is 2.35. The first-order chi connectivity index (χ1) is 12.1. The van der Waals surface area contributed by atoms with Gasteiger partial charge < -0.3 is 5.32 Å². The van der Waals surface area contributed by atoms with E-state index in [0.717, 1.165) is 4.31 Å². The highest BCUT2D eigenvalue weighted by Gasteiger charge is 2.30.